The molecule has 0 amide bonds. The molecule has 0 aliphatic heterocycles. The lowest BCUT2D eigenvalue weighted by Crippen LogP contribution is -2.35. The van der Waals surface area contributed by atoms with Crippen LogP contribution in [0.25, 0.3) is 0 Å². The highest BCUT2D eigenvalue weighted by atomic mass is 32.1. The summed E-state index contributed by atoms with van der Waals surface area (Å²) in [5.74, 6) is 1.91. The Morgan fingerprint density at radius 3 is 2.81 bits per heavy atom. The van der Waals surface area contributed by atoms with Crippen LogP contribution < -0.4 is 5.32 Å². The third-order valence-corrected chi connectivity index (χ3v) is 3.56. The number of nitrogens with one attached hydrogen (secondary N) is 1. The van der Waals surface area contributed by atoms with Gasteiger partial charge in [0, 0.05) is 11.6 Å². The molecule has 86 valence electrons. The molecule has 0 aliphatic carbocycles. The normalized spacial score (nSPS) is 11.9. The predicted octanol–water partition coefficient (Wildman–Crippen LogP) is 3.07. The smallest absolute Gasteiger partial charge is 0.117 e. The van der Waals surface area contributed by atoms with Crippen LogP contribution in [-0.2, 0) is 12.1 Å². The molecule has 4 heteroatoms. The minimum atomic E-state index is -0.116. The summed E-state index contributed by atoms with van der Waals surface area (Å²) < 4.78 is 5.52. The molecule has 2 heterocycles. The summed E-state index contributed by atoms with van der Waals surface area (Å²) in [6.45, 7) is 6.93. The molecular weight excluding hydrogens is 220 g/mol. The largest absolute Gasteiger partial charge is 0.465 e. The van der Waals surface area contributed by atoms with Gasteiger partial charge >= 0.3 is 0 Å². The third-order valence-electron chi connectivity index (χ3n) is 2.47. The van der Waals surface area contributed by atoms with Gasteiger partial charge in [-0.3, -0.25) is 5.32 Å². The molecule has 3 nitrogen and oxygen atoms in total. The van der Waals surface area contributed by atoms with E-state index in [-0.39, 0.29) is 5.54 Å². The average molecular weight is 236 g/mol. The molecule has 0 radical (unpaired) electrons. The number of rotatable bonds is 4. The average Bonchev–Trinajstić information content (AvgIpc) is 2.85. The number of nitrogens with zero attached hydrogens (tertiary/aromatic N) is 1. The van der Waals surface area contributed by atoms with Crippen molar-refractivity contribution in [3.63, 3.8) is 0 Å². The molecule has 16 heavy (non-hydrogen) atoms. The highest BCUT2D eigenvalue weighted by Crippen LogP contribution is 2.22. The number of aryl methyl sites for hydroxylation is 1. The van der Waals surface area contributed by atoms with Gasteiger partial charge in [0.05, 0.1) is 12.1 Å². The number of furan rings is 1. The van der Waals surface area contributed by atoms with Gasteiger partial charge in [-0.2, -0.15) is 0 Å². The van der Waals surface area contributed by atoms with Gasteiger partial charge in [-0.25, -0.2) is 4.98 Å². The fourth-order valence-electron chi connectivity index (χ4n) is 1.50. The van der Waals surface area contributed by atoms with E-state index >= 15 is 0 Å². The van der Waals surface area contributed by atoms with Crippen molar-refractivity contribution < 1.29 is 4.42 Å². The third kappa shape index (κ3) is 2.51. The van der Waals surface area contributed by atoms with E-state index in [4.69, 9.17) is 4.42 Å². The lowest BCUT2D eigenvalue weighted by Gasteiger charge is -2.23. The van der Waals surface area contributed by atoms with Crippen molar-refractivity contribution in [3.8, 4) is 0 Å². The summed E-state index contributed by atoms with van der Waals surface area (Å²) in [5, 5.41) is 6.53. The number of hydrogen-bond acceptors (Lipinski definition) is 4. The lowest BCUT2D eigenvalue weighted by molar-refractivity contribution is 0.365. The van der Waals surface area contributed by atoms with Crippen LogP contribution in [0.4, 0.5) is 0 Å². The Balaban J connectivity index is 2.00. The van der Waals surface area contributed by atoms with Crippen LogP contribution in [0, 0.1) is 6.92 Å². The molecule has 0 unspecified atom stereocenters. The first-order valence-electron chi connectivity index (χ1n) is 5.28. The molecule has 0 fully saturated rings. The van der Waals surface area contributed by atoms with Gasteiger partial charge in [0.25, 0.3) is 0 Å². The maximum absolute atomic E-state index is 5.52. The van der Waals surface area contributed by atoms with Crippen molar-refractivity contribution in [1.82, 2.24) is 10.3 Å². The van der Waals surface area contributed by atoms with Crippen LogP contribution in [0.2, 0.25) is 0 Å². The van der Waals surface area contributed by atoms with E-state index in [1.54, 1.807) is 11.3 Å². The van der Waals surface area contributed by atoms with Crippen molar-refractivity contribution in [2.24, 2.45) is 0 Å². The van der Waals surface area contributed by atoms with E-state index in [0.717, 1.165) is 23.1 Å². The summed E-state index contributed by atoms with van der Waals surface area (Å²) in [4.78, 5) is 4.33. The van der Waals surface area contributed by atoms with Crippen molar-refractivity contribution in [1.29, 1.82) is 0 Å². The monoisotopic (exact) mass is 236 g/mol. The molecule has 2 rings (SSSR count). The maximum Gasteiger partial charge on any atom is 0.117 e. The number of hydrogen-bond donors (Lipinski definition) is 1. The Bertz CT molecular complexity index is 445. The van der Waals surface area contributed by atoms with E-state index < -0.39 is 0 Å². The molecule has 0 atom stereocenters. The second-order valence-electron chi connectivity index (χ2n) is 4.33. The topological polar surface area (TPSA) is 38.1 Å². The molecular formula is C12H16N2OS. The summed E-state index contributed by atoms with van der Waals surface area (Å²) in [7, 11) is 0. The summed E-state index contributed by atoms with van der Waals surface area (Å²) in [6.07, 6.45) is 1.83. The molecule has 0 aliphatic rings. The Morgan fingerprint density at radius 2 is 2.25 bits per heavy atom. The Kier molecular flexibility index (Phi) is 3.12. The summed E-state index contributed by atoms with van der Waals surface area (Å²) in [5.41, 5.74) is -0.116. The fourth-order valence-corrected chi connectivity index (χ4v) is 2.24. The van der Waals surface area contributed by atoms with E-state index in [0.29, 0.717) is 0 Å². The lowest BCUT2D eigenvalue weighted by atomic mass is 10.1. The summed E-state index contributed by atoms with van der Waals surface area (Å²) in [6, 6.07) is 3.98. The molecule has 0 bridgehead atoms. The second kappa shape index (κ2) is 4.39. The van der Waals surface area contributed by atoms with Crippen LogP contribution in [0.1, 0.15) is 30.4 Å². The highest BCUT2D eigenvalue weighted by molar-refractivity contribution is 7.09. The number of aromatic nitrogens is 1. The van der Waals surface area contributed by atoms with Crippen molar-refractivity contribution in [2.45, 2.75) is 32.9 Å². The van der Waals surface area contributed by atoms with E-state index in [1.165, 1.54) is 0 Å². The minimum absolute atomic E-state index is 0.116. The van der Waals surface area contributed by atoms with Gasteiger partial charge in [-0.15, -0.1) is 11.3 Å². The number of thiazole rings is 1. The van der Waals surface area contributed by atoms with Gasteiger partial charge < -0.3 is 4.42 Å². The Labute approximate surface area is 99.5 Å². The van der Waals surface area contributed by atoms with Gasteiger partial charge in [0.2, 0.25) is 0 Å². The second-order valence-corrected chi connectivity index (χ2v) is 5.22. The molecule has 0 saturated carbocycles. The molecule has 0 spiro atoms. The molecule has 2 aromatic rings. The zero-order chi connectivity index (χ0) is 11.6. The minimum Gasteiger partial charge on any atom is -0.465 e. The first kappa shape index (κ1) is 11.4. The van der Waals surface area contributed by atoms with E-state index in [2.05, 4.69) is 24.1 Å². The van der Waals surface area contributed by atoms with Crippen LogP contribution >= 0.6 is 11.3 Å². The van der Waals surface area contributed by atoms with Gasteiger partial charge in [0.15, 0.2) is 0 Å². The van der Waals surface area contributed by atoms with Gasteiger partial charge in [-0.05, 0) is 32.9 Å². The van der Waals surface area contributed by atoms with Crippen molar-refractivity contribution in [2.75, 3.05) is 0 Å². The standard InChI is InChI=1S/C12H16N2OS/c1-9-4-5-10(15-9)8-14-12(2,3)11-13-6-7-16-11/h4-7,14H,8H2,1-3H3. The first-order chi connectivity index (χ1) is 7.58. The molecule has 2 aromatic heterocycles. The predicted molar refractivity (Wildman–Crippen MR) is 65.4 cm³/mol. The molecule has 0 aromatic carbocycles. The molecule has 1 N–H and O–H groups in total. The maximum atomic E-state index is 5.52. The summed E-state index contributed by atoms with van der Waals surface area (Å²) >= 11 is 1.67. The fraction of sp³-hybridized carbons (Fsp3) is 0.417. The zero-order valence-corrected chi connectivity index (χ0v) is 10.6. The Morgan fingerprint density at radius 1 is 1.44 bits per heavy atom. The van der Waals surface area contributed by atoms with Gasteiger partial charge in [-0.1, -0.05) is 0 Å². The van der Waals surface area contributed by atoms with Crippen LogP contribution in [-0.4, -0.2) is 4.98 Å². The van der Waals surface area contributed by atoms with Crippen LogP contribution in [0.5, 0.6) is 0 Å². The SMILES string of the molecule is Cc1ccc(CNC(C)(C)c2nccs2)o1. The van der Waals surface area contributed by atoms with Crippen LogP contribution in [0.15, 0.2) is 28.1 Å². The zero-order valence-electron chi connectivity index (χ0n) is 9.78. The van der Waals surface area contributed by atoms with E-state index in [1.807, 2.05) is 30.6 Å². The Hall–Kier alpha value is -1.13. The van der Waals surface area contributed by atoms with E-state index in [9.17, 15) is 0 Å². The van der Waals surface area contributed by atoms with Crippen molar-refractivity contribution >= 4 is 11.3 Å². The van der Waals surface area contributed by atoms with Gasteiger partial charge in [0.1, 0.15) is 16.5 Å². The quantitative estimate of drug-likeness (QED) is 0.886. The first-order valence-corrected chi connectivity index (χ1v) is 6.16. The van der Waals surface area contributed by atoms with Crippen LogP contribution in [0.3, 0.4) is 0 Å². The highest BCUT2D eigenvalue weighted by Gasteiger charge is 2.22. The van der Waals surface area contributed by atoms with Crippen molar-refractivity contribution in [3.05, 3.63) is 40.2 Å². The molecule has 0 saturated heterocycles.